The Labute approximate surface area is 122 Å². The van der Waals surface area contributed by atoms with Crippen LogP contribution in [-0.4, -0.2) is 41.9 Å². The summed E-state index contributed by atoms with van der Waals surface area (Å²) < 4.78 is 0. The van der Waals surface area contributed by atoms with E-state index in [0.717, 1.165) is 18.7 Å². The Morgan fingerprint density at radius 3 is 2.25 bits per heavy atom. The standard InChI is InChI=1S/C17H26N2O/c1-14(2)18(3)17(20)16(15-10-6-4-7-11-15)19-12-8-5-9-13-19/h4,6-7,10-11,14,16H,5,8-9,12-13H2,1-3H3/t16-/m1/s1. The number of likely N-dealkylation sites (tertiary alicyclic amines) is 1. The van der Waals surface area contributed by atoms with Gasteiger partial charge in [0.1, 0.15) is 6.04 Å². The van der Waals surface area contributed by atoms with Gasteiger partial charge in [-0.25, -0.2) is 0 Å². The van der Waals surface area contributed by atoms with E-state index in [1.807, 2.05) is 30.1 Å². The van der Waals surface area contributed by atoms with Crippen molar-refractivity contribution in [3.8, 4) is 0 Å². The molecule has 1 aliphatic rings. The molecule has 0 bridgehead atoms. The molecule has 2 rings (SSSR count). The smallest absolute Gasteiger partial charge is 0.244 e. The van der Waals surface area contributed by atoms with Crippen LogP contribution in [-0.2, 0) is 4.79 Å². The van der Waals surface area contributed by atoms with E-state index in [0.29, 0.717) is 0 Å². The van der Waals surface area contributed by atoms with Gasteiger partial charge < -0.3 is 4.90 Å². The Morgan fingerprint density at radius 2 is 1.70 bits per heavy atom. The van der Waals surface area contributed by atoms with Gasteiger partial charge in [0.25, 0.3) is 0 Å². The lowest BCUT2D eigenvalue weighted by atomic mass is 10.00. The lowest BCUT2D eigenvalue weighted by molar-refractivity contribution is -0.138. The third-order valence-corrected chi connectivity index (χ3v) is 4.23. The fourth-order valence-electron chi connectivity index (χ4n) is 2.77. The average Bonchev–Trinajstić information content (AvgIpc) is 2.48. The molecule has 0 N–H and O–H groups in total. The first-order valence-electron chi connectivity index (χ1n) is 7.67. The molecule has 1 aromatic rings. The molecule has 3 nitrogen and oxygen atoms in total. The molecule has 0 aromatic heterocycles. The van der Waals surface area contributed by atoms with Crippen LogP contribution in [0.5, 0.6) is 0 Å². The monoisotopic (exact) mass is 274 g/mol. The van der Waals surface area contributed by atoms with E-state index < -0.39 is 0 Å². The van der Waals surface area contributed by atoms with Gasteiger partial charge >= 0.3 is 0 Å². The Morgan fingerprint density at radius 1 is 1.10 bits per heavy atom. The number of likely N-dealkylation sites (N-methyl/N-ethyl adjacent to an activating group) is 1. The van der Waals surface area contributed by atoms with Gasteiger partial charge in [0, 0.05) is 13.1 Å². The highest BCUT2D eigenvalue weighted by Crippen LogP contribution is 2.26. The van der Waals surface area contributed by atoms with Gasteiger partial charge in [0.2, 0.25) is 5.91 Å². The molecule has 0 saturated carbocycles. The van der Waals surface area contributed by atoms with E-state index in [4.69, 9.17) is 0 Å². The molecule has 0 aliphatic carbocycles. The van der Waals surface area contributed by atoms with Crippen molar-refractivity contribution in [2.45, 2.75) is 45.2 Å². The third kappa shape index (κ3) is 3.40. The van der Waals surface area contributed by atoms with Crippen molar-refractivity contribution in [3.63, 3.8) is 0 Å². The zero-order valence-electron chi connectivity index (χ0n) is 12.9. The maximum atomic E-state index is 12.9. The van der Waals surface area contributed by atoms with Gasteiger partial charge in [-0.2, -0.15) is 0 Å². The van der Waals surface area contributed by atoms with Gasteiger partial charge in [-0.15, -0.1) is 0 Å². The van der Waals surface area contributed by atoms with Gasteiger partial charge in [0.15, 0.2) is 0 Å². The summed E-state index contributed by atoms with van der Waals surface area (Å²) in [6.07, 6.45) is 3.68. The average molecular weight is 274 g/mol. The summed E-state index contributed by atoms with van der Waals surface area (Å²) in [6, 6.07) is 10.3. The normalized spacial score (nSPS) is 18.0. The predicted molar refractivity (Wildman–Crippen MR) is 82.5 cm³/mol. The van der Waals surface area contributed by atoms with E-state index in [-0.39, 0.29) is 18.0 Å². The number of carbonyl (C=O) groups is 1. The first-order chi connectivity index (χ1) is 9.61. The number of nitrogens with zero attached hydrogens (tertiary/aromatic N) is 2. The highest BCUT2D eigenvalue weighted by atomic mass is 16.2. The molecule has 0 radical (unpaired) electrons. The summed E-state index contributed by atoms with van der Waals surface area (Å²) in [4.78, 5) is 17.1. The molecule has 110 valence electrons. The molecule has 1 saturated heterocycles. The lowest BCUT2D eigenvalue weighted by Gasteiger charge is -2.37. The molecule has 1 aliphatic heterocycles. The number of hydrogen-bond acceptors (Lipinski definition) is 2. The number of hydrogen-bond donors (Lipinski definition) is 0. The molecule has 1 atom stereocenters. The molecule has 1 heterocycles. The molecule has 1 amide bonds. The maximum Gasteiger partial charge on any atom is 0.244 e. The highest BCUT2D eigenvalue weighted by Gasteiger charge is 2.31. The molecule has 1 fully saturated rings. The molecule has 1 aromatic carbocycles. The van der Waals surface area contributed by atoms with Crippen LogP contribution in [0.15, 0.2) is 30.3 Å². The Bertz CT molecular complexity index is 424. The van der Waals surface area contributed by atoms with Crippen LogP contribution in [0.1, 0.15) is 44.7 Å². The van der Waals surface area contributed by atoms with Crippen LogP contribution < -0.4 is 0 Å². The van der Waals surface area contributed by atoms with E-state index in [9.17, 15) is 4.79 Å². The van der Waals surface area contributed by atoms with E-state index in [2.05, 4.69) is 30.9 Å². The van der Waals surface area contributed by atoms with Crippen LogP contribution in [0.3, 0.4) is 0 Å². The van der Waals surface area contributed by atoms with Crippen molar-refractivity contribution in [3.05, 3.63) is 35.9 Å². The second-order valence-corrected chi connectivity index (χ2v) is 5.95. The van der Waals surface area contributed by atoms with Crippen LogP contribution in [0.25, 0.3) is 0 Å². The number of benzene rings is 1. The van der Waals surface area contributed by atoms with E-state index in [1.165, 1.54) is 19.3 Å². The number of piperidine rings is 1. The van der Waals surface area contributed by atoms with Crippen LogP contribution in [0.4, 0.5) is 0 Å². The van der Waals surface area contributed by atoms with Crippen LogP contribution in [0, 0.1) is 0 Å². The third-order valence-electron chi connectivity index (χ3n) is 4.23. The van der Waals surface area contributed by atoms with Crippen molar-refractivity contribution in [1.29, 1.82) is 0 Å². The summed E-state index contributed by atoms with van der Waals surface area (Å²) in [5, 5.41) is 0. The van der Waals surface area contributed by atoms with Crippen molar-refractivity contribution in [1.82, 2.24) is 9.80 Å². The highest BCUT2D eigenvalue weighted by molar-refractivity contribution is 5.83. The number of amides is 1. The van der Waals surface area contributed by atoms with Gasteiger partial charge in [-0.05, 0) is 45.3 Å². The van der Waals surface area contributed by atoms with Gasteiger partial charge in [-0.3, -0.25) is 9.69 Å². The summed E-state index contributed by atoms with van der Waals surface area (Å²) in [7, 11) is 1.91. The van der Waals surface area contributed by atoms with E-state index in [1.54, 1.807) is 0 Å². The Balaban J connectivity index is 2.26. The first kappa shape index (κ1) is 15.0. The van der Waals surface area contributed by atoms with Crippen molar-refractivity contribution in [2.75, 3.05) is 20.1 Å². The minimum Gasteiger partial charge on any atom is -0.342 e. The summed E-state index contributed by atoms with van der Waals surface area (Å²) in [5.41, 5.74) is 1.12. The second kappa shape index (κ2) is 6.89. The fourth-order valence-corrected chi connectivity index (χ4v) is 2.77. The Kier molecular flexibility index (Phi) is 5.18. The van der Waals surface area contributed by atoms with Crippen LogP contribution in [0.2, 0.25) is 0 Å². The topological polar surface area (TPSA) is 23.6 Å². The summed E-state index contributed by atoms with van der Waals surface area (Å²) in [6.45, 7) is 6.18. The molecular weight excluding hydrogens is 248 g/mol. The number of rotatable bonds is 4. The van der Waals surface area contributed by atoms with Crippen molar-refractivity contribution in [2.24, 2.45) is 0 Å². The second-order valence-electron chi connectivity index (χ2n) is 5.95. The Hall–Kier alpha value is -1.35. The van der Waals surface area contributed by atoms with Crippen molar-refractivity contribution >= 4 is 5.91 Å². The van der Waals surface area contributed by atoms with E-state index >= 15 is 0 Å². The van der Waals surface area contributed by atoms with Crippen LogP contribution >= 0.6 is 0 Å². The molecule has 0 spiro atoms. The minimum absolute atomic E-state index is 0.121. The quantitative estimate of drug-likeness (QED) is 0.842. The summed E-state index contributed by atoms with van der Waals surface area (Å²) >= 11 is 0. The summed E-state index contributed by atoms with van der Waals surface area (Å²) in [5.74, 6) is 0.216. The molecular formula is C17H26N2O. The van der Waals surface area contributed by atoms with Crippen molar-refractivity contribution < 1.29 is 4.79 Å². The zero-order valence-corrected chi connectivity index (χ0v) is 12.9. The van der Waals surface area contributed by atoms with Gasteiger partial charge in [0.05, 0.1) is 0 Å². The number of carbonyl (C=O) groups excluding carboxylic acids is 1. The lowest BCUT2D eigenvalue weighted by Crippen LogP contribution is -2.45. The largest absolute Gasteiger partial charge is 0.342 e. The fraction of sp³-hybridized carbons (Fsp3) is 0.588. The maximum absolute atomic E-state index is 12.9. The molecule has 3 heteroatoms. The molecule has 0 unspecified atom stereocenters. The van der Waals surface area contributed by atoms with Gasteiger partial charge in [-0.1, -0.05) is 36.8 Å². The molecule has 20 heavy (non-hydrogen) atoms. The first-order valence-corrected chi connectivity index (χ1v) is 7.67. The SMILES string of the molecule is CC(C)N(C)C(=O)[C@@H](c1ccccc1)N1CCCCC1. The minimum atomic E-state index is -0.121. The zero-order chi connectivity index (χ0) is 14.5. The predicted octanol–water partition coefficient (Wildman–Crippen LogP) is 3.08.